The molecule has 0 radical (unpaired) electrons. The Morgan fingerprint density at radius 2 is 1.45 bits per heavy atom. The first-order valence-corrected chi connectivity index (χ1v) is 10.4. The molecule has 7 heteroatoms. The van der Waals surface area contributed by atoms with Gasteiger partial charge in [-0.1, -0.05) is 35.9 Å². The van der Waals surface area contributed by atoms with Crippen molar-refractivity contribution in [1.29, 1.82) is 0 Å². The van der Waals surface area contributed by atoms with E-state index in [1.54, 1.807) is 29.0 Å². The molecule has 2 heterocycles. The van der Waals surface area contributed by atoms with Gasteiger partial charge in [0.05, 0.1) is 12.7 Å². The summed E-state index contributed by atoms with van der Waals surface area (Å²) in [5.74, 6) is 0.632. The largest absolute Gasteiger partial charge is 0.497 e. The first kappa shape index (κ1) is 20.9. The molecule has 2 amide bonds. The zero-order chi connectivity index (χ0) is 21.8. The zero-order valence-corrected chi connectivity index (χ0v) is 17.9. The number of halogens is 1. The Labute approximate surface area is 186 Å². The molecule has 3 aromatic rings. The summed E-state index contributed by atoms with van der Waals surface area (Å²) in [6.45, 7) is 1.91. The Kier molecular flexibility index (Phi) is 6.18. The van der Waals surface area contributed by atoms with E-state index >= 15 is 0 Å². The molecule has 0 saturated carbocycles. The number of benzene rings is 2. The summed E-state index contributed by atoms with van der Waals surface area (Å²) < 4.78 is 5.30. The highest BCUT2D eigenvalue weighted by Gasteiger charge is 2.25. The number of carbonyl (C=O) groups is 2. The van der Waals surface area contributed by atoms with Crippen molar-refractivity contribution in [1.82, 2.24) is 14.8 Å². The van der Waals surface area contributed by atoms with Gasteiger partial charge < -0.3 is 14.5 Å². The lowest BCUT2D eigenvalue weighted by Gasteiger charge is -2.34. The second-order valence-electron chi connectivity index (χ2n) is 7.27. The van der Waals surface area contributed by atoms with E-state index < -0.39 is 0 Å². The molecular weight excluding hydrogens is 414 g/mol. The summed E-state index contributed by atoms with van der Waals surface area (Å²) in [5, 5.41) is 0.350. The summed E-state index contributed by atoms with van der Waals surface area (Å²) in [7, 11) is 1.63. The molecule has 1 aromatic heterocycles. The van der Waals surface area contributed by atoms with Gasteiger partial charge in [0.25, 0.3) is 11.8 Å². The standard InChI is InChI=1S/C24H22ClN3O3/c1-31-21-7-3-5-18(15-21)17-4-2-6-19(14-17)23(29)27-10-12-28(13-11-27)24(30)20-8-9-22(25)26-16-20/h2-9,14-16H,10-13H2,1H3. The van der Waals surface area contributed by atoms with Crippen LogP contribution in [0.15, 0.2) is 66.9 Å². The van der Waals surface area contributed by atoms with Crippen LogP contribution in [-0.2, 0) is 0 Å². The third-order valence-corrected chi connectivity index (χ3v) is 5.56. The molecule has 158 valence electrons. The number of rotatable bonds is 4. The monoisotopic (exact) mass is 435 g/mol. The van der Waals surface area contributed by atoms with Crippen LogP contribution in [0.4, 0.5) is 0 Å². The zero-order valence-electron chi connectivity index (χ0n) is 17.1. The Morgan fingerprint density at radius 1 is 0.839 bits per heavy atom. The van der Waals surface area contributed by atoms with Gasteiger partial charge >= 0.3 is 0 Å². The lowest BCUT2D eigenvalue weighted by atomic mass is 10.0. The molecule has 1 aliphatic heterocycles. The second-order valence-corrected chi connectivity index (χ2v) is 7.65. The average Bonchev–Trinajstić information content (AvgIpc) is 2.84. The van der Waals surface area contributed by atoms with Crippen LogP contribution in [0.1, 0.15) is 20.7 Å². The number of hydrogen-bond donors (Lipinski definition) is 0. The third-order valence-electron chi connectivity index (χ3n) is 5.34. The highest BCUT2D eigenvalue weighted by atomic mass is 35.5. The van der Waals surface area contributed by atoms with Crippen LogP contribution in [0.3, 0.4) is 0 Å². The van der Waals surface area contributed by atoms with Gasteiger partial charge in [-0.25, -0.2) is 4.98 Å². The molecule has 1 fully saturated rings. The fourth-order valence-electron chi connectivity index (χ4n) is 3.61. The number of methoxy groups -OCH3 is 1. The van der Waals surface area contributed by atoms with E-state index in [-0.39, 0.29) is 11.8 Å². The molecule has 4 rings (SSSR count). The summed E-state index contributed by atoms with van der Waals surface area (Å²) in [4.78, 5) is 33.2. The molecular formula is C24H22ClN3O3. The van der Waals surface area contributed by atoms with Gasteiger partial charge in [0.1, 0.15) is 10.9 Å². The molecule has 0 atom stereocenters. The maximum absolute atomic E-state index is 13.1. The van der Waals surface area contributed by atoms with Crippen molar-refractivity contribution in [3.63, 3.8) is 0 Å². The normalized spacial score (nSPS) is 13.7. The van der Waals surface area contributed by atoms with Crippen LogP contribution >= 0.6 is 11.6 Å². The van der Waals surface area contributed by atoms with Crippen molar-refractivity contribution >= 4 is 23.4 Å². The molecule has 1 aliphatic rings. The summed E-state index contributed by atoms with van der Waals surface area (Å²) in [6.07, 6.45) is 1.48. The smallest absolute Gasteiger partial charge is 0.255 e. The van der Waals surface area contributed by atoms with Crippen molar-refractivity contribution in [3.05, 3.63) is 83.1 Å². The van der Waals surface area contributed by atoms with E-state index in [9.17, 15) is 9.59 Å². The minimum atomic E-state index is -0.101. The number of hydrogen-bond acceptors (Lipinski definition) is 4. The number of carbonyl (C=O) groups excluding carboxylic acids is 2. The van der Waals surface area contributed by atoms with Gasteiger partial charge in [0, 0.05) is 37.9 Å². The maximum Gasteiger partial charge on any atom is 0.255 e. The molecule has 2 aromatic carbocycles. The Morgan fingerprint density at radius 3 is 2.06 bits per heavy atom. The van der Waals surface area contributed by atoms with Crippen LogP contribution in [0, 0.1) is 0 Å². The van der Waals surface area contributed by atoms with Crippen LogP contribution in [0.5, 0.6) is 5.75 Å². The lowest BCUT2D eigenvalue weighted by Crippen LogP contribution is -2.50. The number of aromatic nitrogens is 1. The van der Waals surface area contributed by atoms with Crippen molar-refractivity contribution in [2.24, 2.45) is 0 Å². The van der Waals surface area contributed by atoms with E-state index in [2.05, 4.69) is 4.98 Å². The van der Waals surface area contributed by atoms with Gasteiger partial charge in [-0.05, 0) is 47.5 Å². The van der Waals surface area contributed by atoms with Gasteiger partial charge in [-0.15, -0.1) is 0 Å². The fraction of sp³-hybridized carbons (Fsp3) is 0.208. The number of ether oxygens (including phenoxy) is 1. The number of amides is 2. The minimum absolute atomic E-state index is 0.0370. The lowest BCUT2D eigenvalue weighted by molar-refractivity contribution is 0.0535. The Bertz CT molecular complexity index is 1090. The molecule has 0 bridgehead atoms. The highest BCUT2D eigenvalue weighted by Crippen LogP contribution is 2.25. The predicted octanol–water partition coefficient (Wildman–Crippen LogP) is 4.01. The second kappa shape index (κ2) is 9.18. The molecule has 6 nitrogen and oxygen atoms in total. The van der Waals surface area contributed by atoms with Gasteiger partial charge in [0.15, 0.2) is 0 Å². The van der Waals surface area contributed by atoms with E-state index in [4.69, 9.17) is 16.3 Å². The number of piperazine rings is 1. The Hall–Kier alpha value is -3.38. The highest BCUT2D eigenvalue weighted by molar-refractivity contribution is 6.29. The van der Waals surface area contributed by atoms with Crippen LogP contribution in [-0.4, -0.2) is 59.9 Å². The molecule has 0 unspecified atom stereocenters. The van der Waals surface area contributed by atoms with Crippen LogP contribution in [0.25, 0.3) is 11.1 Å². The van der Waals surface area contributed by atoms with Gasteiger partial charge in [-0.3, -0.25) is 9.59 Å². The van der Waals surface area contributed by atoms with E-state index in [1.807, 2.05) is 48.5 Å². The summed E-state index contributed by atoms with van der Waals surface area (Å²) >= 11 is 5.79. The third kappa shape index (κ3) is 4.70. The van der Waals surface area contributed by atoms with Crippen LogP contribution < -0.4 is 4.74 Å². The van der Waals surface area contributed by atoms with E-state index in [0.717, 1.165) is 16.9 Å². The fourth-order valence-corrected chi connectivity index (χ4v) is 3.73. The number of nitrogens with zero attached hydrogens (tertiary/aromatic N) is 3. The minimum Gasteiger partial charge on any atom is -0.497 e. The van der Waals surface area contributed by atoms with Crippen molar-refractivity contribution in [2.75, 3.05) is 33.3 Å². The molecule has 0 N–H and O–H groups in total. The van der Waals surface area contributed by atoms with E-state index in [0.29, 0.717) is 42.5 Å². The topological polar surface area (TPSA) is 62.7 Å². The maximum atomic E-state index is 13.1. The van der Waals surface area contributed by atoms with Gasteiger partial charge in [0.2, 0.25) is 0 Å². The summed E-state index contributed by atoms with van der Waals surface area (Å²) in [5.41, 5.74) is 3.06. The molecule has 1 saturated heterocycles. The number of pyridine rings is 1. The Balaban J connectivity index is 1.43. The van der Waals surface area contributed by atoms with Crippen molar-refractivity contribution in [2.45, 2.75) is 0 Å². The molecule has 0 spiro atoms. The van der Waals surface area contributed by atoms with Crippen molar-refractivity contribution in [3.8, 4) is 16.9 Å². The van der Waals surface area contributed by atoms with Crippen LogP contribution in [0.2, 0.25) is 5.15 Å². The summed E-state index contributed by atoms with van der Waals surface area (Å²) in [6, 6.07) is 18.6. The van der Waals surface area contributed by atoms with E-state index in [1.165, 1.54) is 6.20 Å². The average molecular weight is 436 g/mol. The van der Waals surface area contributed by atoms with Crippen molar-refractivity contribution < 1.29 is 14.3 Å². The first-order chi connectivity index (χ1) is 15.0. The molecule has 31 heavy (non-hydrogen) atoms. The molecule has 0 aliphatic carbocycles. The van der Waals surface area contributed by atoms with Gasteiger partial charge in [-0.2, -0.15) is 0 Å². The SMILES string of the molecule is COc1cccc(-c2cccc(C(=O)N3CCN(C(=O)c4ccc(Cl)nc4)CC3)c2)c1. The quantitative estimate of drug-likeness (QED) is 0.581. The predicted molar refractivity (Wildman–Crippen MR) is 119 cm³/mol. The first-order valence-electron chi connectivity index (χ1n) is 10.00.